The molecule has 0 unspecified atom stereocenters. The van der Waals surface area contributed by atoms with Gasteiger partial charge in [0.1, 0.15) is 6.54 Å². The highest BCUT2D eigenvalue weighted by Crippen LogP contribution is 2.19. The van der Waals surface area contributed by atoms with Crippen molar-refractivity contribution in [1.82, 2.24) is 9.80 Å². The molecule has 0 aliphatic carbocycles. The van der Waals surface area contributed by atoms with Crippen LogP contribution < -0.4 is 5.32 Å². The molecular formula is C21H19N3O4. The minimum absolute atomic E-state index is 0.0819. The van der Waals surface area contributed by atoms with Crippen LogP contribution in [0.4, 0.5) is 10.5 Å². The van der Waals surface area contributed by atoms with Crippen LogP contribution in [-0.4, -0.2) is 46.6 Å². The van der Waals surface area contributed by atoms with E-state index in [0.717, 1.165) is 16.0 Å². The van der Waals surface area contributed by atoms with Gasteiger partial charge in [-0.15, -0.1) is 6.58 Å². The molecule has 2 aromatic rings. The highest BCUT2D eigenvalue weighted by molar-refractivity contribution is 6.45. The molecule has 0 bridgehead atoms. The Morgan fingerprint density at radius 2 is 1.57 bits per heavy atom. The molecule has 1 N–H and O–H groups in total. The van der Waals surface area contributed by atoms with Crippen molar-refractivity contribution in [2.24, 2.45) is 0 Å². The van der Waals surface area contributed by atoms with Gasteiger partial charge in [-0.1, -0.05) is 54.6 Å². The molecule has 2 aromatic carbocycles. The van der Waals surface area contributed by atoms with Crippen molar-refractivity contribution in [3.05, 3.63) is 78.4 Å². The molecule has 1 fully saturated rings. The predicted molar refractivity (Wildman–Crippen MR) is 103 cm³/mol. The number of nitrogens with zero attached hydrogens (tertiary/aromatic N) is 2. The van der Waals surface area contributed by atoms with E-state index in [1.165, 1.54) is 6.08 Å². The van der Waals surface area contributed by atoms with Gasteiger partial charge < -0.3 is 5.32 Å². The number of urea groups is 1. The second kappa shape index (κ2) is 8.30. The average Bonchev–Trinajstić information content (AvgIpc) is 2.89. The molecule has 3 rings (SSSR count). The Hall–Kier alpha value is -3.74. The third kappa shape index (κ3) is 3.98. The zero-order valence-electron chi connectivity index (χ0n) is 15.1. The molecule has 0 aromatic heterocycles. The number of imide groups is 2. The lowest BCUT2D eigenvalue weighted by Gasteiger charge is -2.15. The second-order valence-electron chi connectivity index (χ2n) is 6.25. The lowest BCUT2D eigenvalue weighted by atomic mass is 10.0. The molecular weight excluding hydrogens is 358 g/mol. The number of carbonyl (C=O) groups excluding carboxylic acids is 4. The first-order chi connectivity index (χ1) is 13.5. The van der Waals surface area contributed by atoms with Gasteiger partial charge in [-0.25, -0.2) is 9.69 Å². The summed E-state index contributed by atoms with van der Waals surface area (Å²) in [5, 5.41) is 2.73. The minimum atomic E-state index is -1.01. The molecule has 7 heteroatoms. The normalized spacial score (nSPS) is 13.8. The Morgan fingerprint density at radius 1 is 0.929 bits per heavy atom. The zero-order chi connectivity index (χ0) is 20.1. The fourth-order valence-corrected chi connectivity index (χ4v) is 2.93. The Morgan fingerprint density at radius 3 is 2.29 bits per heavy atom. The molecule has 142 valence electrons. The van der Waals surface area contributed by atoms with Crippen LogP contribution in [0.5, 0.6) is 0 Å². The van der Waals surface area contributed by atoms with E-state index >= 15 is 0 Å². The van der Waals surface area contributed by atoms with Crippen molar-refractivity contribution in [3.8, 4) is 0 Å². The molecule has 7 nitrogen and oxygen atoms in total. The molecule has 1 aliphatic rings. The SMILES string of the molecule is C=CCN1C(=O)C(=O)N(CC(=O)Nc2ccccc2Cc2ccccc2)C1=O. The molecule has 1 heterocycles. The number of benzene rings is 2. The third-order valence-corrected chi connectivity index (χ3v) is 4.28. The van der Waals surface area contributed by atoms with Crippen molar-refractivity contribution in [2.45, 2.75) is 6.42 Å². The Balaban J connectivity index is 1.70. The predicted octanol–water partition coefficient (Wildman–Crippen LogP) is 2.19. The molecule has 1 aliphatic heterocycles. The number of amides is 5. The van der Waals surface area contributed by atoms with Crippen molar-refractivity contribution in [1.29, 1.82) is 0 Å². The molecule has 5 amide bonds. The largest absolute Gasteiger partial charge is 0.335 e. The van der Waals surface area contributed by atoms with E-state index in [2.05, 4.69) is 11.9 Å². The van der Waals surface area contributed by atoms with Gasteiger partial charge in [0.15, 0.2) is 0 Å². The van der Waals surface area contributed by atoms with Crippen molar-refractivity contribution >= 4 is 29.4 Å². The van der Waals surface area contributed by atoms with Crippen LogP contribution in [0.15, 0.2) is 67.3 Å². The third-order valence-electron chi connectivity index (χ3n) is 4.28. The molecule has 0 spiro atoms. The first kappa shape index (κ1) is 19.0. The molecule has 0 saturated carbocycles. The van der Waals surface area contributed by atoms with Crippen molar-refractivity contribution in [2.75, 3.05) is 18.4 Å². The van der Waals surface area contributed by atoms with Gasteiger partial charge in [-0.3, -0.25) is 19.3 Å². The summed E-state index contributed by atoms with van der Waals surface area (Å²) in [5.41, 5.74) is 2.56. The molecule has 0 radical (unpaired) electrons. The molecule has 28 heavy (non-hydrogen) atoms. The summed E-state index contributed by atoms with van der Waals surface area (Å²) < 4.78 is 0. The lowest BCUT2D eigenvalue weighted by Crippen LogP contribution is -2.39. The highest BCUT2D eigenvalue weighted by Gasteiger charge is 2.44. The van der Waals surface area contributed by atoms with Crippen LogP contribution in [-0.2, 0) is 20.8 Å². The lowest BCUT2D eigenvalue weighted by molar-refractivity contribution is -0.143. The van der Waals surface area contributed by atoms with E-state index in [1.807, 2.05) is 42.5 Å². The molecule has 1 saturated heterocycles. The highest BCUT2D eigenvalue weighted by atomic mass is 16.2. The number of nitrogens with one attached hydrogen (secondary N) is 1. The van der Waals surface area contributed by atoms with Crippen molar-refractivity contribution in [3.63, 3.8) is 0 Å². The van der Waals surface area contributed by atoms with Gasteiger partial charge >= 0.3 is 17.8 Å². The summed E-state index contributed by atoms with van der Waals surface area (Å²) in [6.45, 7) is 2.84. The Kier molecular flexibility index (Phi) is 5.64. The van der Waals surface area contributed by atoms with E-state index in [4.69, 9.17) is 0 Å². The summed E-state index contributed by atoms with van der Waals surface area (Å²) in [7, 11) is 0. The summed E-state index contributed by atoms with van der Waals surface area (Å²) in [4.78, 5) is 49.9. The minimum Gasteiger partial charge on any atom is -0.324 e. The second-order valence-corrected chi connectivity index (χ2v) is 6.25. The number of para-hydroxylation sites is 1. The van der Waals surface area contributed by atoms with Crippen molar-refractivity contribution < 1.29 is 19.2 Å². The zero-order valence-corrected chi connectivity index (χ0v) is 15.1. The maximum Gasteiger partial charge on any atom is 0.335 e. The van der Waals surface area contributed by atoms with Crippen LogP contribution >= 0.6 is 0 Å². The Labute approximate surface area is 162 Å². The number of carbonyl (C=O) groups is 4. The topological polar surface area (TPSA) is 86.8 Å². The van der Waals surface area contributed by atoms with Crippen LogP contribution in [0.3, 0.4) is 0 Å². The van der Waals surface area contributed by atoms with Crippen LogP contribution in [0, 0.1) is 0 Å². The van der Waals surface area contributed by atoms with Crippen LogP contribution in [0.25, 0.3) is 0 Å². The molecule has 0 atom stereocenters. The van der Waals surface area contributed by atoms with Gasteiger partial charge in [0.2, 0.25) is 5.91 Å². The van der Waals surface area contributed by atoms with E-state index in [0.29, 0.717) is 17.0 Å². The monoisotopic (exact) mass is 377 g/mol. The summed E-state index contributed by atoms with van der Waals surface area (Å²) in [5.74, 6) is -2.53. The average molecular weight is 377 g/mol. The Bertz CT molecular complexity index is 940. The van der Waals surface area contributed by atoms with Gasteiger partial charge in [0, 0.05) is 12.2 Å². The summed E-state index contributed by atoms with van der Waals surface area (Å²) in [6.07, 6.45) is 1.96. The summed E-state index contributed by atoms with van der Waals surface area (Å²) >= 11 is 0. The first-order valence-corrected chi connectivity index (χ1v) is 8.71. The van der Waals surface area contributed by atoms with Gasteiger partial charge in [0.05, 0.1) is 0 Å². The van der Waals surface area contributed by atoms with E-state index in [1.54, 1.807) is 12.1 Å². The van der Waals surface area contributed by atoms with Crippen LogP contribution in [0.2, 0.25) is 0 Å². The fraction of sp³-hybridized carbons (Fsp3) is 0.143. The maximum atomic E-state index is 12.4. The number of hydrogen-bond donors (Lipinski definition) is 1. The standard InChI is InChI=1S/C21H19N3O4/c1-2-12-23-19(26)20(27)24(21(23)28)14-18(25)22-17-11-7-6-10-16(17)13-15-8-4-3-5-9-15/h2-11H,1,12-14H2,(H,22,25). The number of hydrogen-bond acceptors (Lipinski definition) is 4. The first-order valence-electron chi connectivity index (χ1n) is 8.71. The van der Waals surface area contributed by atoms with E-state index in [-0.39, 0.29) is 6.54 Å². The quantitative estimate of drug-likeness (QED) is 0.455. The van der Waals surface area contributed by atoms with E-state index in [9.17, 15) is 19.2 Å². The van der Waals surface area contributed by atoms with Gasteiger partial charge in [-0.2, -0.15) is 0 Å². The van der Waals surface area contributed by atoms with Crippen LogP contribution in [0.1, 0.15) is 11.1 Å². The number of rotatable bonds is 7. The summed E-state index contributed by atoms with van der Waals surface area (Å²) in [6, 6.07) is 16.3. The van der Waals surface area contributed by atoms with E-state index < -0.39 is 30.3 Å². The number of anilines is 1. The smallest absolute Gasteiger partial charge is 0.324 e. The van der Waals surface area contributed by atoms with Gasteiger partial charge in [0.25, 0.3) is 0 Å². The maximum absolute atomic E-state index is 12.4. The van der Waals surface area contributed by atoms with Gasteiger partial charge in [-0.05, 0) is 23.6 Å². The fourth-order valence-electron chi connectivity index (χ4n) is 2.93.